The number of epoxide rings is 1. The Morgan fingerprint density at radius 1 is 1.21 bits per heavy atom. The van der Waals surface area contributed by atoms with Crippen molar-refractivity contribution in [3.05, 3.63) is 52.6 Å². The van der Waals surface area contributed by atoms with Gasteiger partial charge < -0.3 is 45.4 Å². The summed E-state index contributed by atoms with van der Waals surface area (Å²) in [4.78, 5) is 57.1. The second kappa shape index (κ2) is 29.9. The molecule has 58 heavy (non-hydrogen) atoms. The zero-order chi connectivity index (χ0) is 44.4. The lowest BCUT2D eigenvalue weighted by Gasteiger charge is -2.33. The van der Waals surface area contributed by atoms with Gasteiger partial charge in [-0.3, -0.25) is 9.59 Å². The predicted octanol–water partition coefficient (Wildman–Crippen LogP) is 7.63. The van der Waals surface area contributed by atoms with E-state index in [0.717, 1.165) is 37.5 Å². The number of amides is 3. The smallest absolute Gasteiger partial charge is 0.407 e. The molecule has 16 heteroatoms. The summed E-state index contributed by atoms with van der Waals surface area (Å²) in [6, 6.07) is 5.01. The van der Waals surface area contributed by atoms with Gasteiger partial charge in [0.1, 0.15) is 24.2 Å². The molecule has 1 aromatic carbocycles. The van der Waals surface area contributed by atoms with E-state index in [1.807, 2.05) is 66.1 Å². The van der Waals surface area contributed by atoms with Crippen LogP contribution in [0.1, 0.15) is 99.0 Å². The molecule has 2 saturated heterocycles. The fourth-order valence-corrected chi connectivity index (χ4v) is 8.30. The van der Waals surface area contributed by atoms with E-state index in [0.29, 0.717) is 47.5 Å². The second-order valence-corrected chi connectivity index (χ2v) is 17.6. The minimum absolute atomic E-state index is 0.0154. The van der Waals surface area contributed by atoms with Crippen LogP contribution in [-0.2, 0) is 35.1 Å². The highest BCUT2D eigenvalue weighted by Crippen LogP contribution is 2.46. The molecule has 2 heterocycles. The number of carboxylic acid groups (broad SMARTS) is 1. The van der Waals surface area contributed by atoms with Crippen molar-refractivity contribution in [2.24, 2.45) is 11.7 Å². The Hall–Kier alpha value is -3.24. The highest BCUT2D eigenvalue weighted by Gasteiger charge is 2.56. The number of aliphatic carboxylic acids is 1. The van der Waals surface area contributed by atoms with Gasteiger partial charge in [0.2, 0.25) is 11.8 Å². The number of alkyl carbamates (subject to hydrolysis) is 1. The van der Waals surface area contributed by atoms with Gasteiger partial charge in [0.25, 0.3) is 0 Å². The third kappa shape index (κ3) is 21.7. The molecule has 330 valence electrons. The number of hydrogen-bond acceptors (Lipinski definition) is 11. The molecule has 0 radical (unpaired) electrons. The highest BCUT2D eigenvalue weighted by molar-refractivity contribution is 8.76. The number of primary amides is 1. The Labute approximate surface area is 359 Å². The van der Waals surface area contributed by atoms with Gasteiger partial charge in [-0.15, -0.1) is 0 Å². The minimum Gasteiger partial charge on any atom is -0.495 e. The van der Waals surface area contributed by atoms with Crippen LogP contribution in [0.5, 0.6) is 5.75 Å². The second-order valence-electron chi connectivity index (χ2n) is 14.3. The number of cyclic esters (lactones) is 1. The number of hydrogen-bond donors (Lipinski definition) is 4. The van der Waals surface area contributed by atoms with Crippen LogP contribution >= 0.6 is 33.2 Å². The Balaban J connectivity index is 0.00000111. The van der Waals surface area contributed by atoms with Crippen molar-refractivity contribution in [1.29, 1.82) is 0 Å². The van der Waals surface area contributed by atoms with Crippen LogP contribution in [0.25, 0.3) is 0 Å². The maximum Gasteiger partial charge on any atom is 0.407 e. The number of nitrogens with two attached hydrogens (primary N) is 1. The molecule has 0 spiro atoms. The third-order valence-corrected chi connectivity index (χ3v) is 12.5. The molecule has 13 nitrogen and oxygen atoms in total. The van der Waals surface area contributed by atoms with E-state index >= 15 is 0 Å². The zero-order valence-electron chi connectivity index (χ0n) is 36.3. The maximum absolute atomic E-state index is 12.1. The SMILES string of the molecule is CC.CC(CCC(N)=O)SSCCC(=O)N(C)[C@@H](C)C(=O)O.CNC.COc1cc(C/C(C)=C/C=C/CC2CC([C@@H](C)[C@@H]3O[C@@]3(C)CCC=O)OC(=O)N2)ccc1Cl. The molecule has 1 aromatic rings. The van der Waals surface area contributed by atoms with Crippen LogP contribution < -0.4 is 21.1 Å². The number of carbonyl (C=O) groups is 5. The molecule has 0 saturated carbocycles. The number of allylic oxidation sites excluding steroid dienone is 3. The van der Waals surface area contributed by atoms with E-state index in [1.54, 1.807) is 28.7 Å². The Morgan fingerprint density at radius 3 is 2.45 bits per heavy atom. The molecule has 3 rings (SSSR count). The minimum atomic E-state index is -1.01. The summed E-state index contributed by atoms with van der Waals surface area (Å²) in [7, 11) is 10.0. The van der Waals surface area contributed by atoms with Gasteiger partial charge in [0.05, 0.1) is 23.8 Å². The van der Waals surface area contributed by atoms with E-state index in [2.05, 4.69) is 36.6 Å². The molecule has 0 aromatic heterocycles. The van der Waals surface area contributed by atoms with Gasteiger partial charge in [-0.2, -0.15) is 0 Å². The molecular weight excluding hydrogens is 804 g/mol. The standard InChI is InChI=1S/C26H34ClNO5.C12H22N2O4S2.C2H7N.C2H6/c1-17(14-19-10-11-21(27)23(15-19)31-4)8-5-6-9-20-16-22(32-25(30)28-20)18(2)24-26(3,33-24)12-7-13-29;1-8(4-5-10(13)15)20-19-7-6-11(16)14(3)9(2)12(17)18;1-3-2;1-2/h5-6,8,10-11,13,15,18,20,22,24H,7,9,12,14,16H2,1-4H3,(H,28,30);8-9H,4-7H2,1-3H3,(H2,13,15)(H,17,18);3H,1-2H3;1-2H3/b6-5+,17-8+;;;/t18-,20?,22?,24+,26+;8?,9-;;/m10../s1. The molecule has 2 aliphatic heterocycles. The van der Waals surface area contributed by atoms with Gasteiger partial charge in [-0.25, -0.2) is 9.59 Å². The van der Waals surface area contributed by atoms with Crippen molar-refractivity contribution in [3.63, 3.8) is 0 Å². The van der Waals surface area contributed by atoms with Gasteiger partial charge in [0, 0.05) is 55.7 Å². The zero-order valence-corrected chi connectivity index (χ0v) is 38.7. The van der Waals surface area contributed by atoms with E-state index in [1.165, 1.54) is 24.4 Å². The van der Waals surface area contributed by atoms with Gasteiger partial charge in [-0.1, -0.05) is 90.8 Å². The number of rotatable bonds is 21. The van der Waals surface area contributed by atoms with E-state index in [-0.39, 0.29) is 47.7 Å². The maximum atomic E-state index is 12.1. The van der Waals surface area contributed by atoms with Crippen molar-refractivity contribution in [2.75, 3.05) is 34.0 Å². The van der Waals surface area contributed by atoms with Crippen LogP contribution in [0.15, 0.2) is 42.0 Å². The quantitative estimate of drug-likeness (QED) is 0.0311. The first kappa shape index (κ1) is 54.8. The highest BCUT2D eigenvalue weighted by atomic mass is 35.5. The number of aldehydes is 1. The lowest BCUT2D eigenvalue weighted by Crippen LogP contribution is -2.48. The molecule has 0 aliphatic carbocycles. The number of methoxy groups -OCH3 is 1. The summed E-state index contributed by atoms with van der Waals surface area (Å²) < 4.78 is 16.7. The van der Waals surface area contributed by atoms with Crippen molar-refractivity contribution in [1.82, 2.24) is 15.5 Å². The number of halogens is 1. The lowest BCUT2D eigenvalue weighted by atomic mass is 9.86. The van der Waals surface area contributed by atoms with E-state index in [9.17, 15) is 24.0 Å². The van der Waals surface area contributed by atoms with Crippen LogP contribution in [0, 0.1) is 5.92 Å². The Morgan fingerprint density at radius 2 is 1.86 bits per heavy atom. The van der Waals surface area contributed by atoms with Crippen LogP contribution in [0.3, 0.4) is 0 Å². The molecule has 5 N–H and O–H groups in total. The first-order chi connectivity index (χ1) is 27.4. The van der Waals surface area contributed by atoms with Crippen molar-refractivity contribution < 1.29 is 43.3 Å². The average Bonchev–Trinajstić information content (AvgIpc) is 3.87. The number of nitrogens with zero attached hydrogens (tertiary/aromatic N) is 1. The number of ether oxygens (including phenoxy) is 3. The third-order valence-electron chi connectivity index (χ3n) is 9.26. The van der Waals surface area contributed by atoms with Crippen LogP contribution in [0.2, 0.25) is 5.02 Å². The Kier molecular flexibility index (Phi) is 28.2. The Bertz CT molecular complexity index is 1480. The molecule has 3 unspecified atom stereocenters. The fourth-order valence-electron chi connectivity index (χ4n) is 5.78. The number of carbonyl (C=O) groups excluding carboxylic acids is 4. The van der Waals surface area contributed by atoms with E-state index in [4.69, 9.17) is 36.7 Å². The summed E-state index contributed by atoms with van der Waals surface area (Å²) in [5.41, 5.74) is 7.12. The summed E-state index contributed by atoms with van der Waals surface area (Å²) in [6.07, 6.45) is 11.4. The summed E-state index contributed by atoms with van der Waals surface area (Å²) >= 11 is 6.09. The molecule has 2 aliphatic rings. The number of nitrogens with one attached hydrogen (secondary N) is 2. The first-order valence-electron chi connectivity index (χ1n) is 19.8. The summed E-state index contributed by atoms with van der Waals surface area (Å²) in [5, 5.41) is 15.4. The van der Waals surface area contributed by atoms with Gasteiger partial charge in [-0.05, 0) is 78.2 Å². The van der Waals surface area contributed by atoms with Crippen LogP contribution in [-0.4, -0.2) is 109 Å². The monoisotopic (exact) mass is 872 g/mol. The van der Waals surface area contributed by atoms with Crippen molar-refractivity contribution in [2.45, 2.75) is 135 Å². The summed E-state index contributed by atoms with van der Waals surface area (Å²) in [5.74, 6) is -0.126. The van der Waals surface area contributed by atoms with Gasteiger partial charge >= 0.3 is 12.1 Å². The lowest BCUT2D eigenvalue weighted by molar-refractivity contribution is -0.148. The largest absolute Gasteiger partial charge is 0.495 e. The molecule has 2 fully saturated rings. The van der Waals surface area contributed by atoms with Gasteiger partial charge in [0.15, 0.2) is 0 Å². The van der Waals surface area contributed by atoms with Crippen LogP contribution in [0.4, 0.5) is 4.79 Å². The molecule has 0 bridgehead atoms. The van der Waals surface area contributed by atoms with Crippen molar-refractivity contribution in [3.8, 4) is 5.75 Å². The fraction of sp³-hybridized carbons (Fsp3) is 0.643. The number of benzene rings is 1. The molecule has 7 atom stereocenters. The number of carboxylic acids is 1. The first-order valence-corrected chi connectivity index (χ1v) is 22.6. The molecule has 3 amide bonds. The predicted molar refractivity (Wildman–Crippen MR) is 238 cm³/mol. The molecular formula is C42H69ClN4O9S2. The average molecular weight is 874 g/mol. The van der Waals surface area contributed by atoms with Crippen molar-refractivity contribution >= 4 is 63.4 Å². The summed E-state index contributed by atoms with van der Waals surface area (Å²) in [6.45, 7) is 13.6. The topological polar surface area (TPSA) is 190 Å². The van der Waals surface area contributed by atoms with E-state index < -0.39 is 12.0 Å². The normalized spacial score (nSPS) is 21.1. The number of likely N-dealkylation sites (N-methyl/N-ethyl adjacent to an activating group) is 1.